The van der Waals surface area contributed by atoms with Crippen LogP contribution in [-0.2, 0) is 0 Å². The molecular weight excluding hydrogens is 301 g/mol. The molecule has 0 unspecified atom stereocenters. The standard InChI is InChI=1S/C12H11INO/c13-7-10-8-15-11-5-1-3-9-4-2-6-14(10)12(9)11/h1-6,10H,7-8H2/q+1/t10-/m1/s1. The molecule has 2 aromatic rings. The number of para-hydroxylation sites is 1. The van der Waals surface area contributed by atoms with E-state index in [0.717, 1.165) is 16.8 Å². The summed E-state index contributed by atoms with van der Waals surface area (Å²) in [6.07, 6.45) is 2.15. The summed E-state index contributed by atoms with van der Waals surface area (Å²) in [4.78, 5) is 0. The van der Waals surface area contributed by atoms with Gasteiger partial charge in [-0.15, -0.1) is 0 Å². The minimum absolute atomic E-state index is 0.462. The number of benzene rings is 1. The Balaban J connectivity index is 2.36. The zero-order chi connectivity index (χ0) is 10.3. The van der Waals surface area contributed by atoms with Crippen LogP contribution in [0, 0.1) is 0 Å². The summed E-state index contributed by atoms with van der Waals surface area (Å²) >= 11 is 2.41. The van der Waals surface area contributed by atoms with Crippen molar-refractivity contribution in [3.63, 3.8) is 0 Å². The van der Waals surface area contributed by atoms with Gasteiger partial charge in [0.2, 0.25) is 6.04 Å². The van der Waals surface area contributed by atoms with Crippen LogP contribution in [-0.4, -0.2) is 11.0 Å². The average Bonchev–Trinajstić information content (AvgIpc) is 2.30. The lowest BCUT2D eigenvalue weighted by molar-refractivity contribution is -0.698. The van der Waals surface area contributed by atoms with Crippen molar-refractivity contribution in [1.82, 2.24) is 0 Å². The van der Waals surface area contributed by atoms with Crippen molar-refractivity contribution in [3.8, 4) is 5.75 Å². The fraction of sp³-hybridized carbons (Fsp3) is 0.250. The smallest absolute Gasteiger partial charge is 0.255 e. The monoisotopic (exact) mass is 312 g/mol. The molecule has 15 heavy (non-hydrogen) atoms. The molecule has 0 radical (unpaired) electrons. The van der Waals surface area contributed by atoms with Gasteiger partial charge < -0.3 is 4.74 Å². The minimum Gasteiger partial charge on any atom is -0.480 e. The molecule has 1 aromatic heterocycles. The molecule has 0 N–H and O–H groups in total. The van der Waals surface area contributed by atoms with E-state index in [2.05, 4.69) is 51.6 Å². The molecule has 1 atom stereocenters. The first-order valence-corrected chi connectivity index (χ1v) is 6.54. The molecule has 2 heterocycles. The van der Waals surface area contributed by atoms with Crippen LogP contribution in [0.2, 0.25) is 0 Å². The second-order valence-corrected chi connectivity index (χ2v) is 4.61. The van der Waals surface area contributed by atoms with Gasteiger partial charge in [0, 0.05) is 6.07 Å². The van der Waals surface area contributed by atoms with E-state index in [0.29, 0.717) is 6.04 Å². The molecule has 0 aliphatic carbocycles. The van der Waals surface area contributed by atoms with E-state index in [1.54, 1.807) is 0 Å². The molecule has 3 rings (SSSR count). The lowest BCUT2D eigenvalue weighted by atomic mass is 10.1. The molecule has 0 bridgehead atoms. The van der Waals surface area contributed by atoms with Crippen LogP contribution in [0.15, 0.2) is 36.5 Å². The van der Waals surface area contributed by atoms with Gasteiger partial charge in [-0.25, -0.2) is 0 Å². The van der Waals surface area contributed by atoms with Crippen molar-refractivity contribution in [2.24, 2.45) is 0 Å². The lowest BCUT2D eigenvalue weighted by Gasteiger charge is -2.19. The molecule has 1 aromatic carbocycles. The van der Waals surface area contributed by atoms with E-state index in [1.807, 2.05) is 12.1 Å². The molecule has 1 aliphatic rings. The maximum Gasteiger partial charge on any atom is 0.255 e. The number of pyridine rings is 1. The third kappa shape index (κ3) is 1.40. The summed E-state index contributed by atoms with van der Waals surface area (Å²) < 4.78 is 9.19. The van der Waals surface area contributed by atoms with Gasteiger partial charge >= 0.3 is 0 Å². The van der Waals surface area contributed by atoms with Crippen LogP contribution >= 0.6 is 22.6 Å². The first-order valence-electron chi connectivity index (χ1n) is 5.02. The van der Waals surface area contributed by atoms with Crippen LogP contribution in [0.5, 0.6) is 5.75 Å². The van der Waals surface area contributed by atoms with Crippen LogP contribution in [0.3, 0.4) is 0 Å². The van der Waals surface area contributed by atoms with Crippen LogP contribution in [0.4, 0.5) is 0 Å². The van der Waals surface area contributed by atoms with Crippen molar-refractivity contribution < 1.29 is 9.30 Å². The molecule has 3 heteroatoms. The van der Waals surface area contributed by atoms with E-state index < -0.39 is 0 Å². The summed E-state index contributed by atoms with van der Waals surface area (Å²) in [7, 11) is 0. The highest BCUT2D eigenvalue weighted by atomic mass is 127. The van der Waals surface area contributed by atoms with Crippen molar-refractivity contribution in [2.75, 3.05) is 11.0 Å². The van der Waals surface area contributed by atoms with E-state index in [9.17, 15) is 0 Å². The Morgan fingerprint density at radius 1 is 1.33 bits per heavy atom. The van der Waals surface area contributed by atoms with Gasteiger partial charge in [-0.2, -0.15) is 4.57 Å². The first-order chi connectivity index (χ1) is 7.40. The highest BCUT2D eigenvalue weighted by Crippen LogP contribution is 2.27. The Bertz CT molecular complexity index is 507. The number of hydrogen-bond donors (Lipinski definition) is 0. The molecule has 0 saturated heterocycles. The summed E-state index contributed by atoms with van der Waals surface area (Å²) in [5.74, 6) is 1.01. The molecule has 76 valence electrons. The third-order valence-electron chi connectivity index (χ3n) is 2.81. The van der Waals surface area contributed by atoms with Crippen molar-refractivity contribution in [1.29, 1.82) is 0 Å². The largest absolute Gasteiger partial charge is 0.480 e. The highest BCUT2D eigenvalue weighted by Gasteiger charge is 2.28. The minimum atomic E-state index is 0.462. The third-order valence-corrected chi connectivity index (χ3v) is 3.83. The van der Waals surface area contributed by atoms with Crippen molar-refractivity contribution in [2.45, 2.75) is 6.04 Å². The van der Waals surface area contributed by atoms with Gasteiger partial charge in [0.05, 0.1) is 9.81 Å². The Hall–Kier alpha value is -0.840. The quantitative estimate of drug-likeness (QED) is 0.448. The number of ether oxygens (including phenoxy) is 1. The van der Waals surface area contributed by atoms with Crippen LogP contribution in [0.1, 0.15) is 6.04 Å². The highest BCUT2D eigenvalue weighted by molar-refractivity contribution is 14.1. The summed E-state index contributed by atoms with van der Waals surface area (Å²) in [6, 6.07) is 10.9. The maximum absolute atomic E-state index is 5.77. The van der Waals surface area contributed by atoms with Gasteiger partial charge in [0.1, 0.15) is 0 Å². The van der Waals surface area contributed by atoms with Gasteiger partial charge in [-0.1, -0.05) is 28.7 Å². The number of alkyl halides is 1. The summed E-state index contributed by atoms with van der Waals surface area (Å²) in [6.45, 7) is 0.781. The SMILES string of the molecule is IC[C@@H]1COc2cccc3ccc[n+]1c23. The first kappa shape index (κ1) is 9.39. The second kappa shape index (κ2) is 3.63. The van der Waals surface area contributed by atoms with Gasteiger partial charge in [0.15, 0.2) is 18.6 Å². The van der Waals surface area contributed by atoms with Crippen LogP contribution < -0.4 is 9.30 Å². The topological polar surface area (TPSA) is 13.1 Å². The summed E-state index contributed by atoms with van der Waals surface area (Å²) in [5, 5.41) is 1.25. The molecule has 0 saturated carbocycles. The Morgan fingerprint density at radius 3 is 3.07 bits per heavy atom. The van der Waals surface area contributed by atoms with E-state index in [1.165, 1.54) is 10.9 Å². The molecule has 2 nitrogen and oxygen atoms in total. The average molecular weight is 312 g/mol. The molecule has 0 amide bonds. The lowest BCUT2D eigenvalue weighted by Crippen LogP contribution is -2.46. The number of rotatable bonds is 1. The Labute approximate surface area is 102 Å². The van der Waals surface area contributed by atoms with Crippen LogP contribution in [0.25, 0.3) is 10.9 Å². The molecular formula is C12H11INO+. The van der Waals surface area contributed by atoms with Gasteiger partial charge in [-0.05, 0) is 18.2 Å². The Morgan fingerprint density at radius 2 is 2.20 bits per heavy atom. The van der Waals surface area contributed by atoms with E-state index >= 15 is 0 Å². The predicted molar refractivity (Wildman–Crippen MR) is 67.6 cm³/mol. The number of aromatic nitrogens is 1. The molecule has 0 fully saturated rings. The van der Waals surface area contributed by atoms with Gasteiger partial charge in [-0.3, -0.25) is 0 Å². The fourth-order valence-electron chi connectivity index (χ4n) is 2.07. The van der Waals surface area contributed by atoms with E-state index in [4.69, 9.17) is 4.74 Å². The number of nitrogens with zero attached hydrogens (tertiary/aromatic N) is 1. The normalized spacial score (nSPS) is 18.9. The van der Waals surface area contributed by atoms with E-state index in [-0.39, 0.29) is 0 Å². The number of hydrogen-bond acceptors (Lipinski definition) is 1. The van der Waals surface area contributed by atoms with Crippen molar-refractivity contribution >= 4 is 33.5 Å². The molecule has 1 aliphatic heterocycles. The number of halogens is 1. The fourth-order valence-corrected chi connectivity index (χ4v) is 2.75. The maximum atomic E-state index is 5.77. The molecule has 0 spiro atoms. The van der Waals surface area contributed by atoms with Crippen molar-refractivity contribution in [3.05, 3.63) is 36.5 Å². The zero-order valence-corrected chi connectivity index (χ0v) is 10.3. The zero-order valence-electron chi connectivity index (χ0n) is 8.19. The Kier molecular flexibility index (Phi) is 2.27. The predicted octanol–water partition coefficient (Wildman–Crippen LogP) is 2.50. The summed E-state index contributed by atoms with van der Waals surface area (Å²) in [5.41, 5.74) is 1.23. The second-order valence-electron chi connectivity index (χ2n) is 3.73. The van der Waals surface area contributed by atoms with Gasteiger partial charge in [0.25, 0.3) is 5.52 Å².